The summed E-state index contributed by atoms with van der Waals surface area (Å²) >= 11 is 0. The Morgan fingerprint density at radius 3 is 3.14 bits per heavy atom. The van der Waals surface area contributed by atoms with Gasteiger partial charge in [0.15, 0.2) is 17.2 Å². The van der Waals surface area contributed by atoms with E-state index in [0.717, 1.165) is 0 Å². The smallest absolute Gasteiger partial charge is 0.178 e. The second kappa shape index (κ2) is 3.29. The van der Waals surface area contributed by atoms with Crippen molar-refractivity contribution in [2.24, 2.45) is 0 Å². The molecule has 76 valence electrons. The summed E-state index contributed by atoms with van der Waals surface area (Å²) in [5.74, 6) is -0.350. The Morgan fingerprint density at radius 2 is 2.43 bits per heavy atom. The minimum Gasteiger partial charge on any atom is -0.378 e. The summed E-state index contributed by atoms with van der Waals surface area (Å²) in [6.45, 7) is 2.60. The van der Waals surface area contributed by atoms with Gasteiger partial charge in [0.25, 0.3) is 0 Å². The molecule has 4 nitrogen and oxygen atoms in total. The number of hydrogen-bond acceptors (Lipinski definition) is 4. The highest BCUT2D eigenvalue weighted by Crippen LogP contribution is 2.32. The van der Waals surface area contributed by atoms with Gasteiger partial charge in [-0.1, -0.05) is 0 Å². The van der Waals surface area contributed by atoms with Gasteiger partial charge in [-0.05, 0) is 19.1 Å². The zero-order valence-corrected chi connectivity index (χ0v) is 7.99. The summed E-state index contributed by atoms with van der Waals surface area (Å²) in [5.41, 5.74) is -0.978. The zero-order valence-electron chi connectivity index (χ0n) is 7.99. The molecule has 0 amide bonds. The monoisotopic (exact) mass is 196 g/mol. The van der Waals surface area contributed by atoms with Gasteiger partial charge in [0.1, 0.15) is 6.10 Å². The maximum absolute atomic E-state index is 11.6. The molecule has 2 rings (SSSR count). The van der Waals surface area contributed by atoms with Crippen LogP contribution in [0.1, 0.15) is 13.3 Å². The normalized spacial score (nSPS) is 35.4. The molecule has 0 aromatic heterocycles. The van der Waals surface area contributed by atoms with Gasteiger partial charge in [0.05, 0.1) is 13.0 Å². The van der Waals surface area contributed by atoms with Gasteiger partial charge in [-0.3, -0.25) is 9.59 Å². The minimum absolute atomic E-state index is 0.0370. The highest BCUT2D eigenvalue weighted by molar-refractivity contribution is 6.09. The lowest BCUT2D eigenvalue weighted by Crippen LogP contribution is -2.49. The molecule has 0 aromatic rings. The minimum atomic E-state index is -0.978. The summed E-state index contributed by atoms with van der Waals surface area (Å²) in [4.78, 5) is 22.9. The van der Waals surface area contributed by atoms with Gasteiger partial charge in [-0.25, -0.2) is 0 Å². The Balaban J connectivity index is 2.17. The number of carbonyl (C=O) groups excluding carboxylic acids is 2. The molecule has 14 heavy (non-hydrogen) atoms. The van der Waals surface area contributed by atoms with Crippen molar-refractivity contribution < 1.29 is 19.1 Å². The first kappa shape index (κ1) is 9.55. The molecule has 0 aliphatic carbocycles. The first-order valence-electron chi connectivity index (χ1n) is 4.69. The van der Waals surface area contributed by atoms with E-state index in [1.54, 1.807) is 12.2 Å². The molecule has 2 atom stereocenters. The first-order valence-corrected chi connectivity index (χ1v) is 4.69. The molecular formula is C10H12O4. The van der Waals surface area contributed by atoms with E-state index in [-0.39, 0.29) is 24.6 Å². The molecular weight excluding hydrogens is 184 g/mol. The third kappa shape index (κ3) is 1.31. The van der Waals surface area contributed by atoms with E-state index in [1.165, 1.54) is 0 Å². The van der Waals surface area contributed by atoms with Gasteiger partial charge in [0, 0.05) is 6.61 Å². The van der Waals surface area contributed by atoms with Crippen LogP contribution in [0.25, 0.3) is 0 Å². The van der Waals surface area contributed by atoms with Crippen molar-refractivity contribution >= 4 is 11.6 Å². The van der Waals surface area contributed by atoms with Crippen molar-refractivity contribution in [1.82, 2.24) is 0 Å². The van der Waals surface area contributed by atoms with E-state index >= 15 is 0 Å². The molecule has 0 N–H and O–H groups in total. The molecule has 0 aromatic carbocycles. The lowest BCUT2D eigenvalue weighted by atomic mass is 9.95. The van der Waals surface area contributed by atoms with E-state index in [0.29, 0.717) is 6.61 Å². The number of rotatable bonds is 3. The van der Waals surface area contributed by atoms with Gasteiger partial charge >= 0.3 is 0 Å². The SMILES string of the molecule is CCOC[C@]12C=C[C@@H](O1)C(=O)CC2=O. The van der Waals surface area contributed by atoms with Gasteiger partial charge in [-0.2, -0.15) is 0 Å². The van der Waals surface area contributed by atoms with Gasteiger partial charge < -0.3 is 9.47 Å². The standard InChI is InChI=1S/C10H12O4/c1-2-13-6-10-4-3-8(14-10)7(11)5-9(10)12/h3-4,8H,2,5-6H2,1H3/t8-,10+/m1/s1. The third-order valence-electron chi connectivity index (χ3n) is 2.52. The fourth-order valence-corrected chi connectivity index (χ4v) is 1.70. The summed E-state index contributed by atoms with van der Waals surface area (Å²) in [6.07, 6.45) is 2.73. The Morgan fingerprint density at radius 1 is 1.64 bits per heavy atom. The molecule has 2 heterocycles. The Hall–Kier alpha value is -1.00. The maximum atomic E-state index is 11.6. The third-order valence-corrected chi connectivity index (χ3v) is 2.52. The topological polar surface area (TPSA) is 52.6 Å². The molecule has 1 fully saturated rings. The van der Waals surface area contributed by atoms with Crippen LogP contribution in [-0.2, 0) is 19.1 Å². The second-order valence-electron chi connectivity index (χ2n) is 3.49. The highest BCUT2D eigenvalue weighted by Gasteiger charge is 2.49. The van der Waals surface area contributed by atoms with E-state index < -0.39 is 11.7 Å². The van der Waals surface area contributed by atoms with E-state index in [2.05, 4.69) is 0 Å². The lowest BCUT2D eigenvalue weighted by Gasteiger charge is -2.30. The summed E-state index contributed by atoms with van der Waals surface area (Å²) in [7, 11) is 0. The quantitative estimate of drug-likeness (QED) is 0.480. The van der Waals surface area contributed by atoms with Gasteiger partial charge in [0.2, 0.25) is 0 Å². The molecule has 2 bridgehead atoms. The van der Waals surface area contributed by atoms with E-state index in [1.807, 2.05) is 6.92 Å². The van der Waals surface area contributed by atoms with Crippen LogP contribution in [-0.4, -0.2) is 36.5 Å². The van der Waals surface area contributed by atoms with Crippen LogP contribution >= 0.6 is 0 Å². The van der Waals surface area contributed by atoms with Crippen molar-refractivity contribution in [3.63, 3.8) is 0 Å². The zero-order chi connectivity index (χ0) is 10.2. The lowest BCUT2D eigenvalue weighted by molar-refractivity contribution is -0.163. The van der Waals surface area contributed by atoms with Crippen molar-refractivity contribution in [3.05, 3.63) is 12.2 Å². The van der Waals surface area contributed by atoms with Crippen LogP contribution in [0.5, 0.6) is 0 Å². The predicted molar refractivity (Wildman–Crippen MR) is 47.9 cm³/mol. The molecule has 0 spiro atoms. The van der Waals surface area contributed by atoms with Crippen LogP contribution in [0.2, 0.25) is 0 Å². The highest BCUT2D eigenvalue weighted by atomic mass is 16.6. The van der Waals surface area contributed by atoms with Crippen LogP contribution in [0.4, 0.5) is 0 Å². The Kier molecular flexibility index (Phi) is 2.25. The second-order valence-corrected chi connectivity index (χ2v) is 3.49. The average Bonchev–Trinajstić information content (AvgIpc) is 2.55. The Labute approximate surface area is 81.9 Å². The number of hydrogen-bond donors (Lipinski definition) is 0. The van der Waals surface area contributed by atoms with Crippen LogP contribution in [0.3, 0.4) is 0 Å². The van der Waals surface area contributed by atoms with Crippen LogP contribution in [0.15, 0.2) is 12.2 Å². The molecule has 2 aliphatic heterocycles. The summed E-state index contributed by atoms with van der Waals surface area (Å²) < 4.78 is 10.6. The first-order chi connectivity index (χ1) is 6.68. The van der Waals surface area contributed by atoms with Crippen molar-refractivity contribution in [2.75, 3.05) is 13.2 Å². The molecule has 0 radical (unpaired) electrons. The summed E-state index contributed by atoms with van der Waals surface area (Å²) in [5, 5.41) is 0. The molecule has 2 aliphatic rings. The fraction of sp³-hybridized carbons (Fsp3) is 0.600. The van der Waals surface area contributed by atoms with Crippen molar-refractivity contribution in [3.8, 4) is 0 Å². The van der Waals surface area contributed by atoms with Crippen molar-refractivity contribution in [1.29, 1.82) is 0 Å². The van der Waals surface area contributed by atoms with Gasteiger partial charge in [-0.15, -0.1) is 0 Å². The van der Waals surface area contributed by atoms with Crippen LogP contribution < -0.4 is 0 Å². The van der Waals surface area contributed by atoms with Crippen molar-refractivity contribution in [2.45, 2.75) is 25.0 Å². The fourth-order valence-electron chi connectivity index (χ4n) is 1.70. The van der Waals surface area contributed by atoms with Crippen LogP contribution in [0, 0.1) is 0 Å². The molecule has 0 saturated carbocycles. The maximum Gasteiger partial charge on any atom is 0.178 e. The number of fused-ring (bicyclic) bond motifs is 2. The average molecular weight is 196 g/mol. The largest absolute Gasteiger partial charge is 0.378 e. The number of Topliss-reactive ketones (excluding diaryl/α,β-unsaturated/α-hetero) is 2. The predicted octanol–water partition coefficient (Wildman–Crippen LogP) is 0.259. The number of ether oxygens (including phenoxy) is 2. The number of ketones is 2. The number of carbonyl (C=O) groups is 2. The van der Waals surface area contributed by atoms with E-state index in [9.17, 15) is 9.59 Å². The summed E-state index contributed by atoms with van der Waals surface area (Å²) in [6, 6.07) is 0. The molecule has 1 saturated heterocycles. The van der Waals surface area contributed by atoms with E-state index in [4.69, 9.17) is 9.47 Å². The molecule has 0 unspecified atom stereocenters. The molecule has 4 heteroatoms. The Bertz CT molecular complexity index is 307.